The van der Waals surface area contributed by atoms with Crippen LogP contribution in [0.5, 0.6) is 0 Å². The second-order valence-electron chi connectivity index (χ2n) is 7.44. The van der Waals surface area contributed by atoms with E-state index in [1.54, 1.807) is 18.2 Å². The summed E-state index contributed by atoms with van der Waals surface area (Å²) in [6.07, 6.45) is 0. The maximum atomic E-state index is 13.3. The minimum absolute atomic E-state index is 0.220. The summed E-state index contributed by atoms with van der Waals surface area (Å²) in [7, 11) is -1.54. The second-order valence-corrected chi connectivity index (χ2v) is 9.40. The van der Waals surface area contributed by atoms with Crippen LogP contribution in [0.25, 0.3) is 15.7 Å². The molecule has 1 saturated heterocycles. The van der Waals surface area contributed by atoms with Crippen molar-refractivity contribution in [2.24, 2.45) is 0 Å². The number of rotatable bonds is 4. The molecule has 0 amide bonds. The molecule has 29 heavy (non-hydrogen) atoms. The van der Waals surface area contributed by atoms with Gasteiger partial charge in [0.25, 0.3) is 0 Å². The zero-order valence-electron chi connectivity index (χ0n) is 16.3. The standard InChI is InChI=1S/C22H23N4O2S/c1-25-11-13-26(14-12-25)19-9-10-21(24-23)18(15-19)16-29(27,28)22-8-4-6-17-5-2-3-7-20(17)22/h2-10,15H,11-14,16H2,1H3/q+1. The van der Waals surface area contributed by atoms with Crippen molar-refractivity contribution in [3.63, 3.8) is 0 Å². The predicted molar refractivity (Wildman–Crippen MR) is 116 cm³/mol. The number of benzene rings is 3. The van der Waals surface area contributed by atoms with E-state index < -0.39 is 9.84 Å². The highest BCUT2D eigenvalue weighted by molar-refractivity contribution is 7.90. The van der Waals surface area contributed by atoms with Gasteiger partial charge in [0, 0.05) is 43.3 Å². The van der Waals surface area contributed by atoms with E-state index in [4.69, 9.17) is 0 Å². The van der Waals surface area contributed by atoms with Gasteiger partial charge in [-0.2, -0.15) is 0 Å². The van der Waals surface area contributed by atoms with Crippen molar-refractivity contribution in [3.05, 3.63) is 71.2 Å². The van der Waals surface area contributed by atoms with E-state index in [0.717, 1.165) is 37.3 Å². The zero-order chi connectivity index (χ0) is 20.4. The minimum Gasteiger partial charge on any atom is -0.369 e. The fourth-order valence-corrected chi connectivity index (χ4v) is 5.40. The molecule has 1 heterocycles. The molecule has 7 heteroatoms. The summed E-state index contributed by atoms with van der Waals surface area (Å²) in [6, 6.07) is 18.1. The quantitative estimate of drug-likeness (QED) is 0.610. The molecule has 1 aliphatic heterocycles. The van der Waals surface area contributed by atoms with Crippen LogP contribution in [0.15, 0.2) is 65.6 Å². The lowest BCUT2D eigenvalue weighted by molar-refractivity contribution is 0.313. The van der Waals surface area contributed by atoms with Gasteiger partial charge in [0.05, 0.1) is 16.2 Å². The van der Waals surface area contributed by atoms with Gasteiger partial charge in [-0.3, -0.25) is 0 Å². The molecule has 1 aliphatic rings. The Balaban J connectivity index is 1.71. The van der Waals surface area contributed by atoms with Gasteiger partial charge in [-0.25, -0.2) is 8.42 Å². The average molecular weight is 408 g/mol. The monoisotopic (exact) mass is 407 g/mol. The molecule has 6 nitrogen and oxygen atoms in total. The van der Waals surface area contributed by atoms with Gasteiger partial charge in [0.15, 0.2) is 14.8 Å². The van der Waals surface area contributed by atoms with Crippen molar-refractivity contribution >= 4 is 32.0 Å². The molecule has 3 aromatic rings. The molecule has 0 radical (unpaired) electrons. The molecule has 0 unspecified atom stereocenters. The molecule has 0 aliphatic carbocycles. The van der Waals surface area contributed by atoms with Crippen LogP contribution in [0.4, 0.5) is 11.4 Å². The highest BCUT2D eigenvalue weighted by atomic mass is 32.2. The summed E-state index contributed by atoms with van der Waals surface area (Å²) in [5, 5.41) is 11.0. The highest BCUT2D eigenvalue weighted by Gasteiger charge is 2.25. The van der Waals surface area contributed by atoms with Crippen molar-refractivity contribution in [1.82, 2.24) is 4.90 Å². The van der Waals surface area contributed by atoms with Gasteiger partial charge in [-0.15, -0.1) is 0 Å². The van der Waals surface area contributed by atoms with Gasteiger partial charge < -0.3 is 9.80 Å². The van der Waals surface area contributed by atoms with Crippen molar-refractivity contribution in [2.45, 2.75) is 10.6 Å². The van der Waals surface area contributed by atoms with Gasteiger partial charge in [-0.1, -0.05) is 36.4 Å². The van der Waals surface area contributed by atoms with Gasteiger partial charge >= 0.3 is 5.69 Å². The molecule has 0 atom stereocenters. The molecule has 0 aromatic heterocycles. The maximum Gasteiger partial charge on any atom is 0.389 e. The van der Waals surface area contributed by atoms with Crippen LogP contribution < -0.4 is 4.90 Å². The maximum absolute atomic E-state index is 13.3. The van der Waals surface area contributed by atoms with Crippen molar-refractivity contribution in [3.8, 4) is 0 Å². The van der Waals surface area contributed by atoms with Crippen LogP contribution in [0.1, 0.15) is 5.56 Å². The number of nitrogens with zero attached hydrogens (tertiary/aromatic N) is 4. The number of hydrogen-bond acceptors (Lipinski definition) is 5. The van der Waals surface area contributed by atoms with E-state index in [1.807, 2.05) is 42.5 Å². The first-order valence-corrected chi connectivity index (χ1v) is 11.3. The van der Waals surface area contributed by atoms with E-state index in [9.17, 15) is 13.8 Å². The predicted octanol–water partition coefficient (Wildman–Crippen LogP) is 4.05. The van der Waals surface area contributed by atoms with Gasteiger partial charge in [0.1, 0.15) is 0 Å². The first-order valence-electron chi connectivity index (χ1n) is 9.60. The third-order valence-electron chi connectivity index (χ3n) is 5.47. The number of hydrogen-bond donors (Lipinski definition) is 0. The van der Waals surface area contributed by atoms with Crippen LogP contribution >= 0.6 is 0 Å². The Bertz CT molecular complexity index is 1190. The van der Waals surface area contributed by atoms with E-state index in [1.165, 1.54) is 0 Å². The number of piperazine rings is 1. The lowest BCUT2D eigenvalue weighted by atomic mass is 10.1. The molecule has 0 spiro atoms. The second kappa shape index (κ2) is 7.82. The van der Waals surface area contributed by atoms with Gasteiger partial charge in [0.2, 0.25) is 5.39 Å². The molecular formula is C22H23N4O2S+. The number of likely N-dealkylation sites (N-methyl/N-ethyl adjacent to an activating group) is 1. The first kappa shape index (κ1) is 19.4. The lowest BCUT2D eigenvalue weighted by Crippen LogP contribution is -2.44. The fraction of sp³-hybridized carbons (Fsp3) is 0.273. The minimum atomic E-state index is -3.63. The fourth-order valence-electron chi connectivity index (χ4n) is 3.80. The van der Waals surface area contributed by atoms with E-state index in [0.29, 0.717) is 15.8 Å². The van der Waals surface area contributed by atoms with Crippen molar-refractivity contribution in [1.29, 1.82) is 5.39 Å². The normalized spacial score (nSPS) is 15.4. The molecular weight excluding hydrogens is 384 g/mol. The average Bonchev–Trinajstić information content (AvgIpc) is 2.73. The number of fused-ring (bicyclic) bond motifs is 1. The molecule has 3 aromatic carbocycles. The van der Waals surface area contributed by atoms with Crippen LogP contribution in [0, 0.1) is 5.39 Å². The molecule has 0 saturated carbocycles. The number of anilines is 1. The largest absolute Gasteiger partial charge is 0.389 e. The summed E-state index contributed by atoms with van der Waals surface area (Å²) in [5.74, 6) is -0.220. The summed E-state index contributed by atoms with van der Waals surface area (Å²) in [4.78, 5) is 8.11. The Hall–Kier alpha value is -2.95. The van der Waals surface area contributed by atoms with Crippen LogP contribution in [0.2, 0.25) is 0 Å². The van der Waals surface area contributed by atoms with E-state index >= 15 is 0 Å². The number of diazo groups is 1. The molecule has 148 valence electrons. The highest BCUT2D eigenvalue weighted by Crippen LogP contribution is 2.31. The number of sulfone groups is 1. The van der Waals surface area contributed by atoms with Crippen molar-refractivity contribution < 1.29 is 8.42 Å². The Morgan fingerprint density at radius 2 is 1.69 bits per heavy atom. The summed E-state index contributed by atoms with van der Waals surface area (Å²) >= 11 is 0. The lowest BCUT2D eigenvalue weighted by Gasteiger charge is -2.34. The SMILES string of the molecule is CN1CCN(c2ccc([N+]#N)c(CS(=O)(=O)c3cccc4ccccc34)c2)CC1. The first-order chi connectivity index (χ1) is 14.0. The Labute approximate surface area is 170 Å². The van der Waals surface area contributed by atoms with Crippen LogP contribution in [-0.4, -0.2) is 46.5 Å². The Morgan fingerprint density at radius 1 is 0.966 bits per heavy atom. The summed E-state index contributed by atoms with van der Waals surface area (Å²) in [5.41, 5.74) is 1.73. The van der Waals surface area contributed by atoms with E-state index in [2.05, 4.69) is 21.8 Å². The van der Waals surface area contributed by atoms with Gasteiger partial charge in [-0.05, 0) is 30.6 Å². The molecule has 0 N–H and O–H groups in total. The Kier molecular flexibility index (Phi) is 5.22. The van der Waals surface area contributed by atoms with Crippen molar-refractivity contribution in [2.75, 3.05) is 38.1 Å². The topological polar surface area (TPSA) is 68.8 Å². The third kappa shape index (κ3) is 3.95. The zero-order valence-corrected chi connectivity index (χ0v) is 17.1. The molecule has 4 rings (SSSR count). The molecule has 0 bridgehead atoms. The third-order valence-corrected chi connectivity index (χ3v) is 7.19. The Morgan fingerprint density at radius 3 is 2.45 bits per heavy atom. The summed E-state index contributed by atoms with van der Waals surface area (Å²) < 4.78 is 26.5. The van der Waals surface area contributed by atoms with E-state index in [-0.39, 0.29) is 11.4 Å². The van der Waals surface area contributed by atoms with Crippen LogP contribution in [0.3, 0.4) is 0 Å². The molecule has 1 fully saturated rings. The van der Waals surface area contributed by atoms with Crippen LogP contribution in [-0.2, 0) is 15.6 Å². The summed E-state index contributed by atoms with van der Waals surface area (Å²) in [6.45, 7) is 3.66. The smallest absolute Gasteiger partial charge is 0.369 e.